The Balaban J connectivity index is 1.69. The van der Waals surface area contributed by atoms with Crippen LogP contribution in [-0.4, -0.2) is 29.8 Å². The summed E-state index contributed by atoms with van der Waals surface area (Å²) >= 11 is 1.21. The molecule has 0 bridgehead atoms. The standard InChI is InChI=1S/C24H21N3O5S/c1-3-4-11-31-17-10-9-14(12-18(17)30-2)20-19-21(28)15-7-5-6-8-16(15)32-22(19)23(29)27(20)24-26-25-13-33-24/h5-10,12-13,20H,3-4,11H2,1-2H3. The lowest BCUT2D eigenvalue weighted by Crippen LogP contribution is -2.29. The van der Waals surface area contributed by atoms with Crippen molar-refractivity contribution in [3.05, 3.63) is 75.1 Å². The molecular weight excluding hydrogens is 442 g/mol. The molecule has 4 aromatic rings. The Morgan fingerprint density at radius 1 is 1.15 bits per heavy atom. The molecule has 0 saturated heterocycles. The smallest absolute Gasteiger partial charge is 0.297 e. The minimum Gasteiger partial charge on any atom is -0.493 e. The number of carbonyl (C=O) groups is 1. The highest BCUT2D eigenvalue weighted by atomic mass is 32.1. The van der Waals surface area contributed by atoms with Gasteiger partial charge in [-0.15, -0.1) is 10.2 Å². The number of benzene rings is 2. The van der Waals surface area contributed by atoms with E-state index in [0.29, 0.717) is 39.8 Å². The lowest BCUT2D eigenvalue weighted by atomic mass is 9.98. The van der Waals surface area contributed by atoms with Gasteiger partial charge in [0.05, 0.1) is 30.7 Å². The highest BCUT2D eigenvalue weighted by molar-refractivity contribution is 7.13. The van der Waals surface area contributed by atoms with Crippen molar-refractivity contribution in [1.82, 2.24) is 10.2 Å². The van der Waals surface area contributed by atoms with Gasteiger partial charge in [-0.2, -0.15) is 0 Å². The zero-order valence-electron chi connectivity index (χ0n) is 18.1. The number of fused-ring (bicyclic) bond motifs is 2. The molecule has 0 N–H and O–H groups in total. The Morgan fingerprint density at radius 2 is 2.00 bits per heavy atom. The average molecular weight is 464 g/mol. The van der Waals surface area contributed by atoms with Crippen molar-refractivity contribution < 1.29 is 18.7 Å². The van der Waals surface area contributed by atoms with Crippen molar-refractivity contribution in [2.24, 2.45) is 0 Å². The van der Waals surface area contributed by atoms with Crippen LogP contribution < -0.4 is 19.8 Å². The Bertz CT molecular complexity index is 1380. The summed E-state index contributed by atoms with van der Waals surface area (Å²) in [6, 6.07) is 11.6. The number of amides is 1. The lowest BCUT2D eigenvalue weighted by molar-refractivity contribution is 0.0970. The molecule has 5 rings (SSSR count). The molecule has 8 nitrogen and oxygen atoms in total. The minimum absolute atomic E-state index is 0.0149. The molecular formula is C24H21N3O5S. The Morgan fingerprint density at radius 3 is 2.76 bits per heavy atom. The highest BCUT2D eigenvalue weighted by Gasteiger charge is 2.45. The second kappa shape index (κ2) is 8.67. The molecule has 1 aliphatic heterocycles. The second-order valence-electron chi connectivity index (χ2n) is 7.58. The minimum atomic E-state index is -0.736. The Hall–Kier alpha value is -3.72. The summed E-state index contributed by atoms with van der Waals surface area (Å²) in [7, 11) is 1.56. The summed E-state index contributed by atoms with van der Waals surface area (Å²) in [6.07, 6.45) is 1.94. The first-order valence-corrected chi connectivity index (χ1v) is 11.5. The van der Waals surface area contributed by atoms with Crippen LogP contribution in [0.1, 0.15) is 47.5 Å². The van der Waals surface area contributed by atoms with Crippen LogP contribution in [0.15, 0.2) is 57.2 Å². The number of anilines is 1. The van der Waals surface area contributed by atoms with Crippen molar-refractivity contribution in [3.63, 3.8) is 0 Å². The fraction of sp³-hybridized carbons (Fsp3) is 0.250. The van der Waals surface area contributed by atoms with Gasteiger partial charge in [-0.05, 0) is 36.2 Å². The van der Waals surface area contributed by atoms with Crippen molar-refractivity contribution in [2.75, 3.05) is 18.6 Å². The van der Waals surface area contributed by atoms with E-state index in [4.69, 9.17) is 13.9 Å². The largest absolute Gasteiger partial charge is 0.493 e. The van der Waals surface area contributed by atoms with Gasteiger partial charge in [-0.3, -0.25) is 14.5 Å². The van der Waals surface area contributed by atoms with Gasteiger partial charge in [0.1, 0.15) is 11.1 Å². The van der Waals surface area contributed by atoms with Gasteiger partial charge in [0.15, 0.2) is 16.9 Å². The van der Waals surface area contributed by atoms with Crippen LogP contribution in [0.3, 0.4) is 0 Å². The molecule has 9 heteroatoms. The van der Waals surface area contributed by atoms with Gasteiger partial charge < -0.3 is 13.9 Å². The molecule has 0 aliphatic carbocycles. The third kappa shape index (κ3) is 3.54. The fourth-order valence-corrected chi connectivity index (χ4v) is 4.59. The number of unbranched alkanes of at least 4 members (excludes halogenated alkanes) is 1. The van der Waals surface area contributed by atoms with E-state index in [1.54, 1.807) is 49.0 Å². The maximum atomic E-state index is 13.5. The number of nitrogens with zero attached hydrogens (tertiary/aromatic N) is 3. The van der Waals surface area contributed by atoms with Crippen molar-refractivity contribution in [2.45, 2.75) is 25.8 Å². The van der Waals surface area contributed by atoms with E-state index in [1.807, 2.05) is 6.07 Å². The van der Waals surface area contributed by atoms with Crippen LogP contribution in [-0.2, 0) is 0 Å². The average Bonchev–Trinajstić information content (AvgIpc) is 3.46. The summed E-state index contributed by atoms with van der Waals surface area (Å²) in [5.41, 5.74) is 2.61. The molecule has 33 heavy (non-hydrogen) atoms. The van der Waals surface area contributed by atoms with E-state index in [9.17, 15) is 9.59 Å². The molecule has 168 valence electrons. The van der Waals surface area contributed by atoms with Crippen LogP contribution in [0.4, 0.5) is 5.13 Å². The molecule has 2 aromatic carbocycles. The zero-order valence-corrected chi connectivity index (χ0v) is 18.9. The molecule has 0 spiro atoms. The van der Waals surface area contributed by atoms with Crippen molar-refractivity contribution in [3.8, 4) is 11.5 Å². The van der Waals surface area contributed by atoms with Crippen molar-refractivity contribution >= 4 is 33.3 Å². The molecule has 2 aromatic heterocycles. The van der Waals surface area contributed by atoms with Crippen LogP contribution in [0.2, 0.25) is 0 Å². The topological polar surface area (TPSA) is 94.8 Å². The molecule has 3 heterocycles. The summed E-state index contributed by atoms with van der Waals surface area (Å²) in [5.74, 6) is 0.706. The fourth-order valence-electron chi connectivity index (χ4n) is 4.00. The van der Waals surface area contributed by atoms with Crippen LogP contribution in [0.5, 0.6) is 11.5 Å². The second-order valence-corrected chi connectivity index (χ2v) is 8.39. The number of hydrogen-bond acceptors (Lipinski definition) is 8. The van der Waals surface area contributed by atoms with E-state index < -0.39 is 11.9 Å². The van der Waals surface area contributed by atoms with Gasteiger partial charge >= 0.3 is 0 Å². The van der Waals surface area contributed by atoms with E-state index in [-0.39, 0.29) is 16.8 Å². The maximum absolute atomic E-state index is 13.5. The monoisotopic (exact) mass is 463 g/mol. The Kier molecular flexibility index (Phi) is 5.55. The molecule has 0 saturated carbocycles. The molecule has 1 aliphatic rings. The Labute approximate surface area is 193 Å². The third-order valence-corrected chi connectivity index (χ3v) is 6.28. The van der Waals surface area contributed by atoms with Gasteiger partial charge in [0, 0.05) is 0 Å². The van der Waals surface area contributed by atoms with E-state index in [2.05, 4.69) is 17.1 Å². The van der Waals surface area contributed by atoms with Crippen molar-refractivity contribution in [1.29, 1.82) is 0 Å². The summed E-state index contributed by atoms with van der Waals surface area (Å²) in [5, 5.41) is 8.76. The van der Waals surface area contributed by atoms with Gasteiger partial charge in [0.25, 0.3) is 5.91 Å². The van der Waals surface area contributed by atoms with Crippen LogP contribution in [0.25, 0.3) is 11.0 Å². The normalized spacial score (nSPS) is 15.2. The predicted octanol–water partition coefficient (Wildman–Crippen LogP) is 4.58. The molecule has 1 atom stereocenters. The highest BCUT2D eigenvalue weighted by Crippen LogP contribution is 2.43. The zero-order chi connectivity index (χ0) is 22.9. The number of ether oxygens (including phenoxy) is 2. The van der Waals surface area contributed by atoms with E-state index in [1.165, 1.54) is 16.2 Å². The van der Waals surface area contributed by atoms with E-state index in [0.717, 1.165) is 12.8 Å². The molecule has 0 radical (unpaired) electrons. The first kappa shape index (κ1) is 21.1. The first-order chi connectivity index (χ1) is 16.1. The van der Waals surface area contributed by atoms with Gasteiger partial charge in [0.2, 0.25) is 10.9 Å². The predicted molar refractivity (Wildman–Crippen MR) is 124 cm³/mol. The quantitative estimate of drug-likeness (QED) is 0.370. The first-order valence-electron chi connectivity index (χ1n) is 10.6. The third-order valence-electron chi connectivity index (χ3n) is 5.59. The lowest BCUT2D eigenvalue weighted by Gasteiger charge is -2.23. The number of carbonyl (C=O) groups excluding carboxylic acids is 1. The SMILES string of the molecule is CCCCOc1ccc(C2c3c(oc4ccccc4c3=O)C(=O)N2c2nncs2)cc1OC. The van der Waals surface area contributed by atoms with E-state index >= 15 is 0 Å². The number of aromatic nitrogens is 2. The molecule has 0 fully saturated rings. The van der Waals surface area contributed by atoms with Gasteiger partial charge in [-0.1, -0.05) is 42.9 Å². The summed E-state index contributed by atoms with van der Waals surface area (Å²) < 4.78 is 17.3. The maximum Gasteiger partial charge on any atom is 0.297 e. The molecule has 1 amide bonds. The number of hydrogen-bond donors (Lipinski definition) is 0. The van der Waals surface area contributed by atoms with Crippen LogP contribution in [0, 0.1) is 0 Å². The van der Waals surface area contributed by atoms with Crippen LogP contribution >= 0.6 is 11.3 Å². The number of rotatable bonds is 7. The molecule has 1 unspecified atom stereocenters. The van der Waals surface area contributed by atoms with Gasteiger partial charge in [-0.25, -0.2) is 0 Å². The summed E-state index contributed by atoms with van der Waals surface area (Å²) in [6.45, 7) is 2.67. The summed E-state index contributed by atoms with van der Waals surface area (Å²) in [4.78, 5) is 28.4. The number of methoxy groups -OCH3 is 1. The number of para-hydroxylation sites is 1.